The molecular weight excluding hydrogens is 363 g/mol. The van der Waals surface area contributed by atoms with Crippen LogP contribution in [0.1, 0.15) is 19.8 Å². The minimum atomic E-state index is -0.919. The van der Waals surface area contributed by atoms with E-state index in [4.69, 9.17) is 9.47 Å². The first-order valence-corrected chi connectivity index (χ1v) is 9.25. The summed E-state index contributed by atoms with van der Waals surface area (Å²) in [5.74, 6) is -1.17. The van der Waals surface area contributed by atoms with E-state index < -0.39 is 30.4 Å². The lowest BCUT2D eigenvalue weighted by atomic mass is 10.2. The van der Waals surface area contributed by atoms with Gasteiger partial charge in [0.1, 0.15) is 11.6 Å². The van der Waals surface area contributed by atoms with E-state index in [9.17, 15) is 14.0 Å². The van der Waals surface area contributed by atoms with Crippen LogP contribution in [-0.2, 0) is 14.3 Å². The fourth-order valence-corrected chi connectivity index (χ4v) is 2.95. The van der Waals surface area contributed by atoms with Crippen molar-refractivity contribution in [3.05, 3.63) is 54.3 Å². The van der Waals surface area contributed by atoms with Crippen molar-refractivity contribution >= 4 is 23.3 Å². The van der Waals surface area contributed by atoms with Crippen LogP contribution in [0.15, 0.2) is 48.5 Å². The van der Waals surface area contributed by atoms with E-state index in [1.54, 1.807) is 0 Å². The summed E-state index contributed by atoms with van der Waals surface area (Å²) in [6, 6.07) is 12.9. The molecule has 1 aliphatic rings. The van der Waals surface area contributed by atoms with Crippen molar-refractivity contribution in [3.63, 3.8) is 0 Å². The van der Waals surface area contributed by atoms with Gasteiger partial charge in [0.15, 0.2) is 12.7 Å². The average Bonchev–Trinajstić information content (AvgIpc) is 3.23. The van der Waals surface area contributed by atoms with Gasteiger partial charge in [0, 0.05) is 24.5 Å². The Hall–Kier alpha value is -3.09. The van der Waals surface area contributed by atoms with E-state index in [0.29, 0.717) is 11.4 Å². The molecule has 0 bridgehead atoms. The molecule has 0 spiro atoms. The number of esters is 1. The Morgan fingerprint density at radius 2 is 1.71 bits per heavy atom. The highest BCUT2D eigenvalue weighted by molar-refractivity contribution is 5.93. The van der Waals surface area contributed by atoms with Gasteiger partial charge in [-0.2, -0.15) is 0 Å². The quantitative estimate of drug-likeness (QED) is 0.739. The number of nitrogens with zero attached hydrogens (tertiary/aromatic N) is 1. The van der Waals surface area contributed by atoms with Crippen molar-refractivity contribution in [2.75, 3.05) is 29.9 Å². The van der Waals surface area contributed by atoms with Crippen LogP contribution in [0.5, 0.6) is 5.75 Å². The largest absolute Gasteiger partial charge is 0.479 e. The maximum absolute atomic E-state index is 12.9. The molecule has 0 unspecified atom stereocenters. The molecule has 1 fully saturated rings. The van der Waals surface area contributed by atoms with E-state index in [1.807, 2.05) is 24.3 Å². The molecule has 2 aromatic carbocycles. The molecular formula is C21H23FN2O4. The first kappa shape index (κ1) is 19.7. The second-order valence-electron chi connectivity index (χ2n) is 6.61. The van der Waals surface area contributed by atoms with Gasteiger partial charge in [-0.25, -0.2) is 9.18 Å². The monoisotopic (exact) mass is 386 g/mol. The second-order valence-corrected chi connectivity index (χ2v) is 6.61. The standard InChI is InChI=1S/C21H23FN2O4/c1-15(28-19-10-4-16(22)5-11-19)21(26)27-14-20(25)23-17-6-8-18(9-7-17)24-12-2-3-13-24/h4-11,15H,2-3,12-14H2,1H3,(H,23,25)/t15-/m0/s1. The van der Waals surface area contributed by atoms with Crippen molar-refractivity contribution in [1.29, 1.82) is 0 Å². The smallest absolute Gasteiger partial charge is 0.347 e. The topological polar surface area (TPSA) is 67.9 Å². The van der Waals surface area contributed by atoms with Gasteiger partial charge in [0.2, 0.25) is 0 Å². The van der Waals surface area contributed by atoms with E-state index >= 15 is 0 Å². The molecule has 0 radical (unpaired) electrons. The van der Waals surface area contributed by atoms with Crippen LogP contribution in [0.25, 0.3) is 0 Å². The molecule has 0 aromatic heterocycles. The van der Waals surface area contributed by atoms with Crippen molar-refractivity contribution in [1.82, 2.24) is 0 Å². The van der Waals surface area contributed by atoms with Crippen LogP contribution < -0.4 is 15.0 Å². The van der Waals surface area contributed by atoms with Crippen LogP contribution in [0.4, 0.5) is 15.8 Å². The molecule has 3 rings (SSSR count). The normalized spacial score (nSPS) is 14.4. The lowest BCUT2D eigenvalue weighted by molar-refractivity contribution is -0.153. The lowest BCUT2D eigenvalue weighted by Gasteiger charge is -2.18. The molecule has 1 atom stereocenters. The third-order valence-electron chi connectivity index (χ3n) is 4.43. The molecule has 7 heteroatoms. The highest BCUT2D eigenvalue weighted by Gasteiger charge is 2.18. The number of benzene rings is 2. The van der Waals surface area contributed by atoms with Gasteiger partial charge in [-0.05, 0) is 68.3 Å². The third kappa shape index (κ3) is 5.45. The Bertz CT molecular complexity index is 802. The Balaban J connectivity index is 1.42. The van der Waals surface area contributed by atoms with Gasteiger partial charge >= 0.3 is 5.97 Å². The molecule has 1 amide bonds. The van der Waals surface area contributed by atoms with Crippen molar-refractivity contribution in [2.45, 2.75) is 25.9 Å². The average molecular weight is 386 g/mol. The summed E-state index contributed by atoms with van der Waals surface area (Å²) in [5, 5.41) is 2.69. The summed E-state index contributed by atoms with van der Waals surface area (Å²) < 4.78 is 23.2. The summed E-state index contributed by atoms with van der Waals surface area (Å²) >= 11 is 0. The zero-order valence-corrected chi connectivity index (χ0v) is 15.7. The van der Waals surface area contributed by atoms with E-state index in [1.165, 1.54) is 44.0 Å². The minimum absolute atomic E-state index is 0.341. The maximum Gasteiger partial charge on any atom is 0.347 e. The van der Waals surface area contributed by atoms with Crippen LogP contribution in [0.2, 0.25) is 0 Å². The molecule has 1 N–H and O–H groups in total. The summed E-state index contributed by atoms with van der Waals surface area (Å²) in [6.07, 6.45) is 1.48. The third-order valence-corrected chi connectivity index (χ3v) is 4.43. The summed E-state index contributed by atoms with van der Waals surface area (Å²) in [7, 11) is 0. The number of carbonyl (C=O) groups is 2. The molecule has 0 aliphatic carbocycles. The van der Waals surface area contributed by atoms with Crippen LogP contribution in [0, 0.1) is 5.82 Å². The van der Waals surface area contributed by atoms with Gasteiger partial charge in [0.05, 0.1) is 0 Å². The summed E-state index contributed by atoms with van der Waals surface area (Å²) in [5.41, 5.74) is 1.77. The number of halogens is 1. The first-order chi connectivity index (χ1) is 13.5. The first-order valence-electron chi connectivity index (χ1n) is 9.25. The number of amides is 1. The molecule has 2 aromatic rings. The Morgan fingerprint density at radius 1 is 1.07 bits per heavy atom. The molecule has 28 heavy (non-hydrogen) atoms. The number of anilines is 2. The number of nitrogens with one attached hydrogen (secondary N) is 1. The predicted octanol–water partition coefficient (Wildman–Crippen LogP) is 3.38. The molecule has 1 saturated heterocycles. The fraction of sp³-hybridized carbons (Fsp3) is 0.333. The highest BCUT2D eigenvalue weighted by Crippen LogP contribution is 2.22. The Kier molecular flexibility index (Phi) is 6.47. The zero-order chi connectivity index (χ0) is 19.9. The molecule has 148 valence electrons. The van der Waals surface area contributed by atoms with Crippen molar-refractivity contribution in [3.8, 4) is 5.75 Å². The Labute approximate surface area is 163 Å². The van der Waals surface area contributed by atoms with Gasteiger partial charge < -0.3 is 19.7 Å². The Morgan fingerprint density at radius 3 is 2.36 bits per heavy atom. The van der Waals surface area contributed by atoms with Crippen LogP contribution in [-0.4, -0.2) is 37.7 Å². The summed E-state index contributed by atoms with van der Waals surface area (Å²) in [6.45, 7) is 3.20. The second kappa shape index (κ2) is 9.21. The number of hydrogen-bond acceptors (Lipinski definition) is 5. The summed E-state index contributed by atoms with van der Waals surface area (Å²) in [4.78, 5) is 26.3. The van der Waals surface area contributed by atoms with Gasteiger partial charge in [-0.1, -0.05) is 0 Å². The number of hydrogen-bond donors (Lipinski definition) is 1. The predicted molar refractivity (Wildman–Crippen MR) is 104 cm³/mol. The van der Waals surface area contributed by atoms with Crippen molar-refractivity contribution in [2.24, 2.45) is 0 Å². The zero-order valence-electron chi connectivity index (χ0n) is 15.7. The fourth-order valence-electron chi connectivity index (χ4n) is 2.95. The number of rotatable bonds is 7. The van der Waals surface area contributed by atoms with Gasteiger partial charge in [-0.3, -0.25) is 4.79 Å². The molecule has 0 saturated carbocycles. The van der Waals surface area contributed by atoms with Crippen molar-refractivity contribution < 1.29 is 23.5 Å². The SMILES string of the molecule is C[C@H](Oc1ccc(F)cc1)C(=O)OCC(=O)Nc1ccc(N2CCCC2)cc1. The number of ether oxygens (including phenoxy) is 2. The molecule has 1 heterocycles. The van der Waals surface area contributed by atoms with E-state index in [2.05, 4.69) is 10.2 Å². The van der Waals surface area contributed by atoms with Crippen LogP contribution >= 0.6 is 0 Å². The lowest BCUT2D eigenvalue weighted by Crippen LogP contribution is -2.29. The minimum Gasteiger partial charge on any atom is -0.479 e. The molecule has 1 aliphatic heterocycles. The van der Waals surface area contributed by atoms with Gasteiger partial charge in [-0.15, -0.1) is 0 Å². The van der Waals surface area contributed by atoms with E-state index in [-0.39, 0.29) is 0 Å². The highest BCUT2D eigenvalue weighted by atomic mass is 19.1. The van der Waals surface area contributed by atoms with E-state index in [0.717, 1.165) is 18.8 Å². The molecule has 6 nitrogen and oxygen atoms in total. The van der Waals surface area contributed by atoms with Gasteiger partial charge in [0.25, 0.3) is 5.91 Å². The number of carbonyl (C=O) groups excluding carboxylic acids is 2. The van der Waals surface area contributed by atoms with Crippen LogP contribution in [0.3, 0.4) is 0 Å². The maximum atomic E-state index is 12.9.